The number of aromatic nitrogens is 1. The topological polar surface area (TPSA) is 68.5 Å². The fourth-order valence-electron chi connectivity index (χ4n) is 1.85. The Morgan fingerprint density at radius 2 is 2.00 bits per heavy atom. The highest BCUT2D eigenvalue weighted by molar-refractivity contribution is 5.89. The van der Waals surface area contributed by atoms with Crippen molar-refractivity contribution >= 4 is 5.97 Å². The average Bonchev–Trinajstić information content (AvgIpc) is 2.41. The minimum absolute atomic E-state index is 0.192. The molecule has 0 aliphatic heterocycles. The molecule has 0 spiro atoms. The maximum Gasteiger partial charge on any atom is 0.336 e. The van der Waals surface area contributed by atoms with Crippen LogP contribution in [0.2, 0.25) is 0 Å². The van der Waals surface area contributed by atoms with E-state index in [4.69, 9.17) is 9.84 Å². The molecule has 0 fully saturated rings. The van der Waals surface area contributed by atoms with Crippen LogP contribution in [0.15, 0.2) is 47.4 Å². The van der Waals surface area contributed by atoms with E-state index >= 15 is 0 Å². The van der Waals surface area contributed by atoms with Gasteiger partial charge in [-0.05, 0) is 23.8 Å². The van der Waals surface area contributed by atoms with Gasteiger partial charge in [0, 0.05) is 6.20 Å². The Labute approximate surface area is 109 Å². The summed E-state index contributed by atoms with van der Waals surface area (Å²) < 4.78 is 6.37. The third kappa shape index (κ3) is 2.65. The molecule has 1 heterocycles. The number of hydrogen-bond donors (Lipinski definition) is 1. The third-order valence-electron chi connectivity index (χ3n) is 2.79. The molecule has 0 atom stereocenters. The van der Waals surface area contributed by atoms with Gasteiger partial charge < -0.3 is 14.4 Å². The predicted octanol–water partition coefficient (Wildman–Crippen LogP) is 1.60. The molecule has 98 valence electrons. The molecule has 2 aromatic rings. The highest BCUT2D eigenvalue weighted by Crippen LogP contribution is 2.11. The van der Waals surface area contributed by atoms with Gasteiger partial charge in [0.1, 0.15) is 0 Å². The zero-order valence-corrected chi connectivity index (χ0v) is 10.4. The van der Waals surface area contributed by atoms with E-state index in [1.54, 1.807) is 36.5 Å². The Balaban J connectivity index is 2.42. The van der Waals surface area contributed by atoms with E-state index in [0.29, 0.717) is 5.56 Å². The quantitative estimate of drug-likeness (QED) is 0.905. The van der Waals surface area contributed by atoms with Crippen molar-refractivity contribution in [2.24, 2.45) is 0 Å². The summed E-state index contributed by atoms with van der Waals surface area (Å²) in [5.74, 6) is -0.776. The summed E-state index contributed by atoms with van der Waals surface area (Å²) in [4.78, 5) is 23.1. The summed E-state index contributed by atoms with van der Waals surface area (Å²) >= 11 is 0. The van der Waals surface area contributed by atoms with Crippen molar-refractivity contribution in [3.63, 3.8) is 0 Å². The predicted molar refractivity (Wildman–Crippen MR) is 69.8 cm³/mol. The first-order valence-corrected chi connectivity index (χ1v) is 5.68. The van der Waals surface area contributed by atoms with E-state index < -0.39 is 5.97 Å². The van der Waals surface area contributed by atoms with Gasteiger partial charge in [-0.15, -0.1) is 0 Å². The smallest absolute Gasteiger partial charge is 0.336 e. The molecule has 19 heavy (non-hydrogen) atoms. The number of ether oxygens (including phenoxy) is 1. The number of nitrogens with zero attached hydrogens (tertiary/aromatic N) is 1. The van der Waals surface area contributed by atoms with Crippen LogP contribution in [-0.4, -0.2) is 22.8 Å². The molecule has 0 aliphatic rings. The van der Waals surface area contributed by atoms with Gasteiger partial charge in [-0.1, -0.05) is 18.2 Å². The van der Waals surface area contributed by atoms with E-state index in [0.717, 1.165) is 0 Å². The number of methoxy groups -OCH3 is 1. The number of carbonyl (C=O) groups is 1. The first-order valence-electron chi connectivity index (χ1n) is 5.68. The molecule has 1 N–H and O–H groups in total. The second-order valence-corrected chi connectivity index (χ2v) is 3.97. The Morgan fingerprint density at radius 3 is 2.68 bits per heavy atom. The number of hydrogen-bond acceptors (Lipinski definition) is 3. The monoisotopic (exact) mass is 259 g/mol. The van der Waals surface area contributed by atoms with Crippen LogP contribution in [0.4, 0.5) is 0 Å². The lowest BCUT2D eigenvalue weighted by Gasteiger charge is -2.09. The summed E-state index contributed by atoms with van der Waals surface area (Å²) in [6.07, 6.45) is 1.60. The van der Waals surface area contributed by atoms with Crippen LogP contribution in [0.3, 0.4) is 0 Å². The highest BCUT2D eigenvalue weighted by Gasteiger charge is 2.10. The van der Waals surface area contributed by atoms with Gasteiger partial charge in [-0.3, -0.25) is 4.79 Å². The minimum atomic E-state index is -1.01. The van der Waals surface area contributed by atoms with E-state index in [-0.39, 0.29) is 23.4 Å². The molecule has 0 radical (unpaired) electrons. The zero-order chi connectivity index (χ0) is 13.8. The molecule has 0 saturated carbocycles. The SMILES string of the molecule is COc1cccn(Cc2ccccc2C(=O)O)c1=O. The van der Waals surface area contributed by atoms with Gasteiger partial charge in [-0.2, -0.15) is 0 Å². The van der Waals surface area contributed by atoms with E-state index in [2.05, 4.69) is 0 Å². The van der Waals surface area contributed by atoms with Gasteiger partial charge in [0.05, 0.1) is 19.2 Å². The van der Waals surface area contributed by atoms with Crippen LogP contribution in [0, 0.1) is 0 Å². The highest BCUT2D eigenvalue weighted by atomic mass is 16.5. The molecule has 0 aliphatic carbocycles. The molecule has 1 aromatic carbocycles. The number of aromatic carboxylic acids is 1. The third-order valence-corrected chi connectivity index (χ3v) is 2.79. The first-order chi connectivity index (χ1) is 9.13. The van der Waals surface area contributed by atoms with Crippen LogP contribution in [-0.2, 0) is 6.54 Å². The van der Waals surface area contributed by atoms with Crippen molar-refractivity contribution < 1.29 is 14.6 Å². The van der Waals surface area contributed by atoms with Crippen LogP contribution < -0.4 is 10.3 Å². The zero-order valence-electron chi connectivity index (χ0n) is 10.4. The molecule has 0 unspecified atom stereocenters. The summed E-state index contributed by atoms with van der Waals surface area (Å²) in [6, 6.07) is 9.86. The molecule has 5 heteroatoms. The maximum absolute atomic E-state index is 12.0. The van der Waals surface area contributed by atoms with Crippen molar-refractivity contribution in [3.05, 3.63) is 64.1 Å². The van der Waals surface area contributed by atoms with Gasteiger partial charge >= 0.3 is 5.97 Å². The largest absolute Gasteiger partial charge is 0.491 e. The Bertz CT molecular complexity index is 660. The molecule has 1 aromatic heterocycles. The average molecular weight is 259 g/mol. The molecular weight excluding hydrogens is 246 g/mol. The summed E-state index contributed by atoms with van der Waals surface area (Å²) in [7, 11) is 1.42. The lowest BCUT2D eigenvalue weighted by atomic mass is 10.1. The summed E-state index contributed by atoms with van der Waals surface area (Å²) in [5.41, 5.74) is 0.479. The van der Waals surface area contributed by atoms with Crippen molar-refractivity contribution in [2.75, 3.05) is 7.11 Å². The van der Waals surface area contributed by atoms with Gasteiger partial charge in [0.15, 0.2) is 5.75 Å². The molecule has 0 bridgehead atoms. The van der Waals surface area contributed by atoms with Crippen molar-refractivity contribution in [1.82, 2.24) is 4.57 Å². The molecule has 0 amide bonds. The normalized spacial score (nSPS) is 10.2. The van der Waals surface area contributed by atoms with Crippen molar-refractivity contribution in [1.29, 1.82) is 0 Å². The maximum atomic E-state index is 12.0. The standard InChI is InChI=1S/C14H13NO4/c1-19-12-7-4-8-15(13(12)16)9-10-5-2-3-6-11(10)14(17)18/h2-8H,9H2,1H3,(H,17,18). The fraction of sp³-hybridized carbons (Fsp3) is 0.143. The van der Waals surface area contributed by atoms with Gasteiger partial charge in [0.25, 0.3) is 5.56 Å². The minimum Gasteiger partial charge on any atom is -0.491 e. The lowest BCUT2D eigenvalue weighted by Crippen LogP contribution is -2.22. The molecular formula is C14H13NO4. The number of carboxylic acids is 1. The first kappa shape index (κ1) is 12.9. The second-order valence-electron chi connectivity index (χ2n) is 3.97. The van der Waals surface area contributed by atoms with Crippen LogP contribution in [0.25, 0.3) is 0 Å². The number of pyridine rings is 1. The molecule has 2 rings (SSSR count). The Hall–Kier alpha value is -2.56. The second kappa shape index (κ2) is 5.39. The number of benzene rings is 1. The van der Waals surface area contributed by atoms with Crippen molar-refractivity contribution in [2.45, 2.75) is 6.54 Å². The van der Waals surface area contributed by atoms with Crippen LogP contribution in [0.5, 0.6) is 5.75 Å². The lowest BCUT2D eigenvalue weighted by molar-refractivity contribution is 0.0695. The van der Waals surface area contributed by atoms with E-state index in [9.17, 15) is 9.59 Å². The van der Waals surface area contributed by atoms with E-state index in [1.807, 2.05) is 0 Å². The summed E-state index contributed by atoms with van der Waals surface area (Å²) in [6.45, 7) is 0.193. The Morgan fingerprint density at radius 1 is 1.26 bits per heavy atom. The van der Waals surface area contributed by atoms with Gasteiger partial charge in [-0.25, -0.2) is 4.79 Å². The number of rotatable bonds is 4. The van der Waals surface area contributed by atoms with E-state index in [1.165, 1.54) is 17.7 Å². The van der Waals surface area contributed by atoms with Gasteiger partial charge in [0.2, 0.25) is 0 Å². The Kier molecular flexibility index (Phi) is 3.66. The van der Waals surface area contributed by atoms with Crippen molar-refractivity contribution in [3.8, 4) is 5.75 Å². The van der Waals surface area contributed by atoms with Crippen LogP contribution in [0.1, 0.15) is 15.9 Å². The number of carboxylic acid groups (broad SMARTS) is 1. The van der Waals surface area contributed by atoms with Crippen LogP contribution >= 0.6 is 0 Å². The summed E-state index contributed by atoms with van der Waals surface area (Å²) in [5, 5.41) is 9.10. The molecule has 5 nitrogen and oxygen atoms in total. The molecule has 0 saturated heterocycles. The fourth-order valence-corrected chi connectivity index (χ4v) is 1.85.